The number of hydrogen-bond acceptors (Lipinski definition) is 7. The van der Waals surface area contributed by atoms with Gasteiger partial charge in [0.1, 0.15) is 29.1 Å². The van der Waals surface area contributed by atoms with E-state index in [1.165, 1.54) is 17.2 Å². The van der Waals surface area contributed by atoms with Gasteiger partial charge in [-0.05, 0) is 37.1 Å². The second kappa shape index (κ2) is 12.0. The van der Waals surface area contributed by atoms with Gasteiger partial charge in [0, 0.05) is 37.8 Å². The molecule has 2 N–H and O–H groups in total. The molecule has 38 heavy (non-hydrogen) atoms. The summed E-state index contributed by atoms with van der Waals surface area (Å²) in [6, 6.07) is 10.2. The lowest BCUT2D eigenvalue weighted by Gasteiger charge is -2.30. The van der Waals surface area contributed by atoms with Crippen molar-refractivity contribution in [2.45, 2.75) is 37.7 Å². The van der Waals surface area contributed by atoms with E-state index >= 15 is 0 Å². The number of alkyl halides is 3. The Labute approximate surface area is 230 Å². The molecule has 4 aromatic rings. The Morgan fingerprint density at radius 1 is 1.11 bits per heavy atom. The molecule has 8 nitrogen and oxygen atoms in total. The summed E-state index contributed by atoms with van der Waals surface area (Å²) >= 11 is 0. The van der Waals surface area contributed by atoms with Crippen LogP contribution >= 0.6 is 24.8 Å². The Morgan fingerprint density at radius 2 is 1.89 bits per heavy atom. The van der Waals surface area contributed by atoms with E-state index in [0.29, 0.717) is 41.5 Å². The summed E-state index contributed by atoms with van der Waals surface area (Å²) in [5, 5.41) is 9.25. The molecule has 0 bridgehead atoms. The van der Waals surface area contributed by atoms with Gasteiger partial charge in [-0.2, -0.15) is 13.2 Å². The minimum absolute atomic E-state index is 0. The van der Waals surface area contributed by atoms with E-state index < -0.39 is 12.2 Å². The van der Waals surface area contributed by atoms with Gasteiger partial charge in [0.15, 0.2) is 11.5 Å². The lowest BCUT2D eigenvalue weighted by Crippen LogP contribution is -2.38. The van der Waals surface area contributed by atoms with Crippen molar-refractivity contribution in [3.8, 4) is 17.3 Å². The molecule has 3 aromatic heterocycles. The standard InChI is InChI=1S/C25H27F3N6O2.2ClH/c1-15(14-35-2)36-20-5-3-4-16-6-8-19(30-22(16)20)24-32-31-21-9-7-17(12-34(21)24)23(25(26,27)28)33-11-10-18(29)13-33;;/h3-9,12,15,18,23H,10-11,13-14,29H2,1-2H3;2*1H/t15-,18-,23+;;/m0../s1. The average molecular weight is 573 g/mol. The Bertz CT molecular complexity index is 1390. The van der Waals surface area contributed by atoms with E-state index in [0.717, 1.165) is 5.39 Å². The fraction of sp³-hybridized carbons (Fsp3) is 0.400. The summed E-state index contributed by atoms with van der Waals surface area (Å²) in [7, 11) is 1.60. The number of ether oxygens (including phenoxy) is 2. The largest absolute Gasteiger partial charge is 0.486 e. The van der Waals surface area contributed by atoms with E-state index in [1.807, 2.05) is 31.2 Å². The third-order valence-electron chi connectivity index (χ3n) is 6.31. The molecular formula is C25H29Cl2F3N6O2. The number of methoxy groups -OCH3 is 1. The summed E-state index contributed by atoms with van der Waals surface area (Å²) in [6.07, 6.45) is -2.68. The van der Waals surface area contributed by atoms with Crippen molar-refractivity contribution in [1.29, 1.82) is 0 Å². The van der Waals surface area contributed by atoms with Gasteiger partial charge in [0.25, 0.3) is 0 Å². The first-order valence-corrected chi connectivity index (χ1v) is 11.7. The molecule has 4 heterocycles. The van der Waals surface area contributed by atoms with Gasteiger partial charge < -0.3 is 15.2 Å². The Hall–Kier alpha value is -2.70. The molecule has 13 heteroatoms. The van der Waals surface area contributed by atoms with Crippen molar-refractivity contribution >= 4 is 41.4 Å². The normalized spacial score (nSPS) is 17.7. The van der Waals surface area contributed by atoms with Gasteiger partial charge in [-0.25, -0.2) is 4.98 Å². The maximum Gasteiger partial charge on any atom is 0.408 e. The van der Waals surface area contributed by atoms with Crippen LogP contribution < -0.4 is 10.5 Å². The minimum Gasteiger partial charge on any atom is -0.486 e. The zero-order valence-electron chi connectivity index (χ0n) is 20.8. The quantitative estimate of drug-likeness (QED) is 0.339. The highest BCUT2D eigenvalue weighted by molar-refractivity contribution is 5.86. The molecule has 0 saturated carbocycles. The average Bonchev–Trinajstić information content (AvgIpc) is 3.44. The molecule has 3 atom stereocenters. The topological polar surface area (TPSA) is 90.8 Å². The lowest BCUT2D eigenvalue weighted by molar-refractivity contribution is -0.183. The van der Waals surface area contributed by atoms with Crippen LogP contribution in [0, 0.1) is 0 Å². The Kier molecular flexibility index (Phi) is 9.43. The van der Waals surface area contributed by atoms with Gasteiger partial charge in [0.05, 0.1) is 6.61 Å². The molecule has 0 radical (unpaired) electrons. The van der Waals surface area contributed by atoms with Gasteiger partial charge >= 0.3 is 6.18 Å². The SMILES string of the molecule is COC[C@H](C)Oc1cccc2ccc(-c3nnc4ccc([C@@H](N5CC[C@H](N)C5)C(F)(F)F)cn34)nc12.Cl.Cl. The van der Waals surface area contributed by atoms with E-state index in [1.54, 1.807) is 23.6 Å². The zero-order chi connectivity index (χ0) is 25.4. The number of likely N-dealkylation sites (tertiary alicyclic amines) is 1. The number of nitrogens with two attached hydrogens (primary N) is 1. The number of aromatic nitrogens is 4. The van der Waals surface area contributed by atoms with E-state index in [4.69, 9.17) is 20.2 Å². The van der Waals surface area contributed by atoms with Crippen molar-refractivity contribution in [3.05, 3.63) is 54.2 Å². The summed E-state index contributed by atoms with van der Waals surface area (Å²) in [6.45, 7) is 2.78. The predicted molar refractivity (Wildman–Crippen MR) is 143 cm³/mol. The van der Waals surface area contributed by atoms with E-state index in [2.05, 4.69) is 10.2 Å². The van der Waals surface area contributed by atoms with Crippen molar-refractivity contribution in [3.63, 3.8) is 0 Å². The molecule has 1 aromatic carbocycles. The molecule has 0 amide bonds. The number of para-hydroxylation sites is 1. The number of nitrogens with zero attached hydrogens (tertiary/aromatic N) is 5. The molecular weight excluding hydrogens is 544 g/mol. The summed E-state index contributed by atoms with van der Waals surface area (Å²) in [5.74, 6) is 0.920. The highest BCUT2D eigenvalue weighted by atomic mass is 35.5. The smallest absolute Gasteiger partial charge is 0.408 e. The van der Waals surface area contributed by atoms with Gasteiger partial charge in [-0.1, -0.05) is 24.3 Å². The van der Waals surface area contributed by atoms with Gasteiger partial charge in [-0.15, -0.1) is 35.0 Å². The maximum atomic E-state index is 14.2. The third kappa shape index (κ3) is 5.97. The van der Waals surface area contributed by atoms with E-state index in [-0.39, 0.29) is 55.6 Å². The molecule has 0 spiro atoms. The number of pyridine rings is 2. The summed E-state index contributed by atoms with van der Waals surface area (Å²) in [4.78, 5) is 6.14. The number of benzene rings is 1. The molecule has 206 valence electrons. The fourth-order valence-corrected chi connectivity index (χ4v) is 4.73. The molecule has 5 rings (SSSR count). The van der Waals surface area contributed by atoms with Gasteiger partial charge in [0.2, 0.25) is 0 Å². The summed E-state index contributed by atoms with van der Waals surface area (Å²) < 4.78 is 55.2. The van der Waals surface area contributed by atoms with Crippen LogP contribution in [0.2, 0.25) is 0 Å². The maximum absolute atomic E-state index is 14.2. The van der Waals surface area contributed by atoms with Crippen LogP contribution in [0.15, 0.2) is 48.7 Å². The van der Waals surface area contributed by atoms with Crippen LogP contribution in [0.5, 0.6) is 5.75 Å². The second-order valence-electron chi connectivity index (χ2n) is 9.11. The van der Waals surface area contributed by atoms with Crippen LogP contribution in [-0.2, 0) is 4.74 Å². The van der Waals surface area contributed by atoms with Crippen LogP contribution in [0.4, 0.5) is 13.2 Å². The fourth-order valence-electron chi connectivity index (χ4n) is 4.73. The Balaban J connectivity index is 0.00000200. The van der Waals surface area contributed by atoms with Crippen LogP contribution in [0.1, 0.15) is 24.9 Å². The molecule has 0 aliphatic carbocycles. The lowest BCUT2D eigenvalue weighted by atomic mass is 10.1. The van der Waals surface area contributed by atoms with Crippen LogP contribution in [-0.4, -0.2) is 69.6 Å². The Morgan fingerprint density at radius 3 is 2.58 bits per heavy atom. The molecule has 1 aliphatic rings. The first-order chi connectivity index (χ1) is 17.2. The minimum atomic E-state index is -4.46. The third-order valence-corrected chi connectivity index (χ3v) is 6.31. The molecule has 1 aliphatic heterocycles. The first-order valence-electron chi connectivity index (χ1n) is 11.7. The zero-order valence-corrected chi connectivity index (χ0v) is 22.4. The van der Waals surface area contributed by atoms with Crippen LogP contribution in [0.25, 0.3) is 28.1 Å². The van der Waals surface area contributed by atoms with Crippen LogP contribution in [0.3, 0.4) is 0 Å². The number of fused-ring (bicyclic) bond motifs is 2. The molecule has 1 saturated heterocycles. The van der Waals surface area contributed by atoms with Crippen molar-refractivity contribution in [2.24, 2.45) is 5.73 Å². The van der Waals surface area contributed by atoms with Gasteiger partial charge in [-0.3, -0.25) is 9.30 Å². The first kappa shape index (κ1) is 29.9. The number of hydrogen-bond donors (Lipinski definition) is 1. The molecule has 1 fully saturated rings. The predicted octanol–water partition coefficient (Wildman–Crippen LogP) is 4.84. The highest BCUT2D eigenvalue weighted by Crippen LogP contribution is 2.39. The molecule has 0 unspecified atom stereocenters. The highest BCUT2D eigenvalue weighted by Gasteiger charge is 2.46. The number of rotatable bonds is 7. The monoisotopic (exact) mass is 572 g/mol. The summed E-state index contributed by atoms with van der Waals surface area (Å²) in [5.41, 5.74) is 7.51. The number of halogens is 5. The second-order valence-corrected chi connectivity index (χ2v) is 9.11. The van der Waals surface area contributed by atoms with Crippen molar-refractivity contribution in [1.82, 2.24) is 24.5 Å². The van der Waals surface area contributed by atoms with Crippen molar-refractivity contribution < 1.29 is 22.6 Å². The van der Waals surface area contributed by atoms with E-state index in [9.17, 15) is 13.2 Å². The van der Waals surface area contributed by atoms with Crippen molar-refractivity contribution in [2.75, 3.05) is 26.8 Å².